The lowest BCUT2D eigenvalue weighted by molar-refractivity contribution is 0.414. The lowest BCUT2D eigenvalue weighted by Crippen LogP contribution is -2.02. The van der Waals surface area contributed by atoms with E-state index < -0.39 is 0 Å². The van der Waals surface area contributed by atoms with Crippen LogP contribution in [0.5, 0.6) is 5.75 Å². The molecule has 0 amide bonds. The molecule has 26 heavy (non-hydrogen) atoms. The number of aromatic amines is 1. The summed E-state index contributed by atoms with van der Waals surface area (Å²) in [5, 5.41) is 11.6. The Bertz CT molecular complexity index is 1070. The maximum absolute atomic E-state index is 5.44. The fourth-order valence-electron chi connectivity index (χ4n) is 2.67. The summed E-state index contributed by atoms with van der Waals surface area (Å²) < 4.78 is 11.9. The Kier molecular flexibility index (Phi) is 4.59. The third-order valence-electron chi connectivity index (χ3n) is 4.00. The predicted octanol–water partition coefficient (Wildman–Crippen LogP) is 4.18. The Labute approximate surface area is 159 Å². The standard InChI is InChI=1S/C18H15N5OS2/c1-24-14-9-7-12(8-10-14)11-23-17(20-21-18(23)25)16-15(19-22-26-16)13-5-3-2-4-6-13/h2-10H,11H2,1H3,(H,21,25). The van der Waals surface area contributed by atoms with E-state index in [2.05, 4.69) is 19.8 Å². The SMILES string of the molecule is COc1ccc(Cn2c(-c3snnc3-c3ccccc3)n[nH]c2=S)cc1. The molecule has 0 aliphatic carbocycles. The van der Waals surface area contributed by atoms with Crippen LogP contribution in [-0.4, -0.2) is 31.5 Å². The summed E-state index contributed by atoms with van der Waals surface area (Å²) in [5.74, 6) is 1.56. The molecule has 8 heteroatoms. The molecule has 0 unspecified atom stereocenters. The molecule has 2 heterocycles. The van der Waals surface area contributed by atoms with E-state index in [9.17, 15) is 0 Å². The van der Waals surface area contributed by atoms with E-state index in [1.807, 2.05) is 59.2 Å². The maximum atomic E-state index is 5.44. The van der Waals surface area contributed by atoms with Crippen molar-refractivity contribution in [1.29, 1.82) is 0 Å². The molecule has 0 atom stereocenters. The molecule has 0 bridgehead atoms. The Balaban J connectivity index is 1.74. The molecule has 0 fully saturated rings. The van der Waals surface area contributed by atoms with Crippen molar-refractivity contribution in [3.63, 3.8) is 0 Å². The van der Waals surface area contributed by atoms with Gasteiger partial charge in [-0.3, -0.25) is 9.67 Å². The van der Waals surface area contributed by atoms with Crippen LogP contribution in [0.15, 0.2) is 54.6 Å². The topological polar surface area (TPSA) is 68.6 Å². The molecule has 0 spiro atoms. The Hall–Kier alpha value is -2.84. The second-order valence-corrected chi connectivity index (χ2v) is 6.74. The van der Waals surface area contributed by atoms with Crippen LogP contribution >= 0.6 is 23.8 Å². The molecule has 0 saturated carbocycles. The molecule has 130 valence electrons. The predicted molar refractivity (Wildman–Crippen MR) is 104 cm³/mol. The van der Waals surface area contributed by atoms with Crippen LogP contribution in [0.3, 0.4) is 0 Å². The number of aromatic nitrogens is 5. The van der Waals surface area contributed by atoms with Crippen molar-refractivity contribution >= 4 is 23.8 Å². The zero-order valence-corrected chi connectivity index (χ0v) is 15.5. The van der Waals surface area contributed by atoms with Gasteiger partial charge in [-0.15, -0.1) is 5.10 Å². The zero-order chi connectivity index (χ0) is 17.9. The first-order valence-electron chi connectivity index (χ1n) is 7.92. The van der Waals surface area contributed by atoms with E-state index >= 15 is 0 Å². The molecule has 0 saturated heterocycles. The van der Waals surface area contributed by atoms with Gasteiger partial charge in [0.15, 0.2) is 10.6 Å². The molecule has 6 nitrogen and oxygen atoms in total. The number of benzene rings is 2. The zero-order valence-electron chi connectivity index (χ0n) is 13.9. The monoisotopic (exact) mass is 381 g/mol. The first kappa shape index (κ1) is 16.6. The van der Waals surface area contributed by atoms with Gasteiger partial charge in [-0.1, -0.05) is 47.0 Å². The summed E-state index contributed by atoms with van der Waals surface area (Å²) in [6, 6.07) is 17.8. The molecule has 0 aliphatic rings. The fourth-order valence-corrected chi connectivity index (χ4v) is 3.56. The van der Waals surface area contributed by atoms with Crippen LogP contribution in [0.1, 0.15) is 5.56 Å². The summed E-state index contributed by atoms with van der Waals surface area (Å²) in [6.45, 7) is 0.598. The Morgan fingerprint density at radius 1 is 1.12 bits per heavy atom. The first-order chi connectivity index (χ1) is 12.8. The third kappa shape index (κ3) is 3.16. The number of hydrogen-bond acceptors (Lipinski definition) is 6. The number of nitrogens with zero attached hydrogens (tertiary/aromatic N) is 4. The highest BCUT2D eigenvalue weighted by atomic mass is 32.1. The molecule has 0 radical (unpaired) electrons. The number of hydrogen-bond donors (Lipinski definition) is 1. The number of H-pyrrole nitrogens is 1. The van der Waals surface area contributed by atoms with E-state index in [4.69, 9.17) is 17.0 Å². The van der Waals surface area contributed by atoms with E-state index in [1.165, 1.54) is 11.5 Å². The van der Waals surface area contributed by atoms with Gasteiger partial charge in [-0.2, -0.15) is 5.10 Å². The highest BCUT2D eigenvalue weighted by Gasteiger charge is 2.18. The highest BCUT2D eigenvalue weighted by Crippen LogP contribution is 2.32. The average molecular weight is 381 g/mol. The first-order valence-corrected chi connectivity index (χ1v) is 9.10. The van der Waals surface area contributed by atoms with Gasteiger partial charge in [0.1, 0.15) is 16.3 Å². The van der Waals surface area contributed by atoms with Crippen LogP contribution in [0.25, 0.3) is 22.0 Å². The van der Waals surface area contributed by atoms with Crippen molar-refractivity contribution in [2.75, 3.05) is 7.11 Å². The van der Waals surface area contributed by atoms with E-state index in [1.54, 1.807) is 7.11 Å². The van der Waals surface area contributed by atoms with Gasteiger partial charge in [-0.25, -0.2) is 0 Å². The van der Waals surface area contributed by atoms with Crippen molar-refractivity contribution in [3.8, 4) is 27.7 Å². The lowest BCUT2D eigenvalue weighted by Gasteiger charge is -2.07. The van der Waals surface area contributed by atoms with Crippen LogP contribution in [0.2, 0.25) is 0 Å². The van der Waals surface area contributed by atoms with Gasteiger partial charge in [0.05, 0.1) is 13.7 Å². The second-order valence-electron chi connectivity index (χ2n) is 5.60. The van der Waals surface area contributed by atoms with Gasteiger partial charge < -0.3 is 4.74 Å². The summed E-state index contributed by atoms with van der Waals surface area (Å²) in [7, 11) is 1.65. The van der Waals surface area contributed by atoms with Gasteiger partial charge >= 0.3 is 0 Å². The smallest absolute Gasteiger partial charge is 0.195 e. The summed E-state index contributed by atoms with van der Waals surface area (Å²) in [5.41, 5.74) is 2.91. The largest absolute Gasteiger partial charge is 0.497 e. The summed E-state index contributed by atoms with van der Waals surface area (Å²) >= 11 is 6.75. The van der Waals surface area contributed by atoms with Crippen molar-refractivity contribution in [2.24, 2.45) is 0 Å². The van der Waals surface area contributed by atoms with E-state index in [0.29, 0.717) is 11.3 Å². The van der Waals surface area contributed by atoms with Gasteiger partial charge in [0.25, 0.3) is 0 Å². The summed E-state index contributed by atoms with van der Waals surface area (Å²) in [4.78, 5) is 0.886. The van der Waals surface area contributed by atoms with Crippen LogP contribution < -0.4 is 4.74 Å². The normalized spacial score (nSPS) is 10.8. The van der Waals surface area contributed by atoms with Gasteiger partial charge in [0.2, 0.25) is 0 Å². The summed E-state index contributed by atoms with van der Waals surface area (Å²) in [6.07, 6.45) is 0. The van der Waals surface area contributed by atoms with Crippen molar-refractivity contribution in [3.05, 3.63) is 64.9 Å². The van der Waals surface area contributed by atoms with Crippen molar-refractivity contribution in [1.82, 2.24) is 24.4 Å². The van der Waals surface area contributed by atoms with Gasteiger partial charge in [0, 0.05) is 5.56 Å². The maximum Gasteiger partial charge on any atom is 0.195 e. The number of methoxy groups -OCH3 is 1. The van der Waals surface area contributed by atoms with E-state index in [0.717, 1.165) is 33.3 Å². The van der Waals surface area contributed by atoms with Crippen LogP contribution in [-0.2, 0) is 6.54 Å². The quantitative estimate of drug-likeness (QED) is 0.525. The molecular formula is C18H15N5OS2. The van der Waals surface area contributed by atoms with Crippen molar-refractivity contribution in [2.45, 2.75) is 6.54 Å². The lowest BCUT2D eigenvalue weighted by atomic mass is 10.1. The molecule has 4 aromatic rings. The molecule has 2 aromatic heterocycles. The molecular weight excluding hydrogens is 366 g/mol. The molecule has 0 aliphatic heterocycles. The number of nitrogens with one attached hydrogen (secondary N) is 1. The minimum Gasteiger partial charge on any atom is -0.497 e. The van der Waals surface area contributed by atoms with Crippen LogP contribution in [0, 0.1) is 4.77 Å². The number of rotatable bonds is 5. The average Bonchev–Trinajstić information content (AvgIpc) is 3.30. The van der Waals surface area contributed by atoms with Gasteiger partial charge in [-0.05, 0) is 41.4 Å². The van der Waals surface area contributed by atoms with Crippen molar-refractivity contribution < 1.29 is 4.74 Å². The van der Waals surface area contributed by atoms with Crippen LogP contribution in [0.4, 0.5) is 0 Å². The second kappa shape index (κ2) is 7.19. The fraction of sp³-hybridized carbons (Fsp3) is 0.111. The molecule has 4 rings (SSSR count). The Morgan fingerprint density at radius 3 is 2.62 bits per heavy atom. The third-order valence-corrected chi connectivity index (χ3v) is 5.03. The minimum absolute atomic E-state index is 0.559. The Morgan fingerprint density at radius 2 is 1.88 bits per heavy atom. The molecule has 1 N–H and O–H groups in total. The highest BCUT2D eigenvalue weighted by molar-refractivity contribution is 7.71. The minimum atomic E-state index is 0.559. The number of ether oxygens (including phenoxy) is 1. The molecule has 2 aromatic carbocycles. The van der Waals surface area contributed by atoms with E-state index in [-0.39, 0.29) is 0 Å².